The molecule has 0 aliphatic heterocycles. The highest BCUT2D eigenvalue weighted by molar-refractivity contribution is 6.39. The third kappa shape index (κ3) is 3.20. The number of carbonyl (C=O) groups is 2. The van der Waals surface area contributed by atoms with Crippen LogP contribution in [0.15, 0.2) is 83.9 Å². The standard InChI is InChI=1S/C23H15NO3/c25-22(14-24-17-11-9-15(10-12-17)23(26)27)21-13-16-5-1-2-6-18(16)19-7-3-4-8-20(19)21/h1-14H,(H,26,27). The smallest absolute Gasteiger partial charge is 0.335 e. The lowest BCUT2D eigenvalue weighted by Crippen LogP contribution is -2.01. The van der Waals surface area contributed by atoms with Crippen LogP contribution in [0.3, 0.4) is 0 Å². The molecule has 0 bridgehead atoms. The zero-order chi connectivity index (χ0) is 18.8. The van der Waals surface area contributed by atoms with Crippen molar-refractivity contribution in [2.24, 2.45) is 4.99 Å². The van der Waals surface area contributed by atoms with Crippen LogP contribution in [-0.2, 0) is 0 Å². The Labute approximate surface area is 155 Å². The van der Waals surface area contributed by atoms with Gasteiger partial charge in [-0.15, -0.1) is 0 Å². The summed E-state index contributed by atoms with van der Waals surface area (Å²) in [4.78, 5) is 27.9. The Morgan fingerprint density at radius 1 is 0.778 bits per heavy atom. The highest BCUT2D eigenvalue weighted by Gasteiger charge is 2.11. The molecule has 4 aromatic carbocycles. The van der Waals surface area contributed by atoms with E-state index in [4.69, 9.17) is 5.11 Å². The zero-order valence-electron chi connectivity index (χ0n) is 14.3. The van der Waals surface area contributed by atoms with Gasteiger partial charge in [-0.25, -0.2) is 4.79 Å². The fourth-order valence-electron chi connectivity index (χ4n) is 3.15. The first-order chi connectivity index (χ1) is 13.1. The molecule has 4 rings (SSSR count). The maximum atomic E-state index is 12.8. The van der Waals surface area contributed by atoms with Gasteiger partial charge in [0, 0.05) is 5.56 Å². The molecule has 1 N–H and O–H groups in total. The van der Waals surface area contributed by atoms with Crippen molar-refractivity contribution in [3.05, 3.63) is 90.0 Å². The van der Waals surface area contributed by atoms with Crippen LogP contribution in [0.1, 0.15) is 20.7 Å². The first-order valence-electron chi connectivity index (χ1n) is 8.46. The Hall–Kier alpha value is -3.79. The SMILES string of the molecule is O=C(O)c1ccc(N=CC(=O)c2cc3ccccc3c3ccccc23)cc1. The van der Waals surface area contributed by atoms with Gasteiger partial charge in [0.15, 0.2) is 0 Å². The third-order valence-electron chi connectivity index (χ3n) is 4.48. The van der Waals surface area contributed by atoms with Crippen LogP contribution in [-0.4, -0.2) is 23.1 Å². The predicted octanol–water partition coefficient (Wildman–Crippen LogP) is 5.28. The minimum Gasteiger partial charge on any atom is -0.478 e. The van der Waals surface area contributed by atoms with E-state index in [9.17, 15) is 9.59 Å². The number of nitrogens with zero attached hydrogens (tertiary/aromatic N) is 1. The van der Waals surface area contributed by atoms with Gasteiger partial charge in [0.05, 0.1) is 17.5 Å². The second-order valence-electron chi connectivity index (χ2n) is 6.17. The van der Waals surface area contributed by atoms with Gasteiger partial charge in [-0.3, -0.25) is 9.79 Å². The highest BCUT2D eigenvalue weighted by Crippen LogP contribution is 2.28. The van der Waals surface area contributed by atoms with Gasteiger partial charge >= 0.3 is 5.97 Å². The first-order valence-corrected chi connectivity index (χ1v) is 8.46. The molecule has 4 aromatic rings. The molecule has 0 radical (unpaired) electrons. The van der Waals surface area contributed by atoms with Gasteiger partial charge in [0.25, 0.3) is 0 Å². The molecule has 4 nitrogen and oxygen atoms in total. The average Bonchev–Trinajstić information content (AvgIpc) is 2.71. The highest BCUT2D eigenvalue weighted by atomic mass is 16.4. The number of Topliss-reactive ketones (excluding diaryl/α,β-unsaturated/α-hetero) is 1. The molecule has 0 saturated heterocycles. The number of carboxylic acid groups (broad SMARTS) is 1. The molecule has 0 amide bonds. The number of aliphatic imine (C=N–C) groups is 1. The molecular weight excluding hydrogens is 338 g/mol. The van der Waals surface area contributed by atoms with E-state index in [1.165, 1.54) is 18.3 Å². The van der Waals surface area contributed by atoms with E-state index in [2.05, 4.69) is 4.99 Å². The minimum atomic E-state index is -0.996. The van der Waals surface area contributed by atoms with Crippen molar-refractivity contribution >= 4 is 45.2 Å². The van der Waals surface area contributed by atoms with E-state index in [0.717, 1.165) is 21.5 Å². The summed E-state index contributed by atoms with van der Waals surface area (Å²) in [5.41, 5.74) is 1.30. The third-order valence-corrected chi connectivity index (χ3v) is 4.48. The lowest BCUT2D eigenvalue weighted by molar-refractivity contribution is 0.0696. The summed E-state index contributed by atoms with van der Waals surface area (Å²) in [5, 5.41) is 12.9. The molecule has 0 atom stereocenters. The summed E-state index contributed by atoms with van der Waals surface area (Å²) in [5.74, 6) is -1.19. The van der Waals surface area contributed by atoms with Crippen LogP contribution in [0.2, 0.25) is 0 Å². The van der Waals surface area contributed by atoms with Gasteiger partial charge in [0.2, 0.25) is 5.78 Å². The van der Waals surface area contributed by atoms with Crippen molar-refractivity contribution in [2.45, 2.75) is 0 Å². The second-order valence-corrected chi connectivity index (χ2v) is 6.17. The van der Waals surface area contributed by atoms with Gasteiger partial charge in [-0.2, -0.15) is 0 Å². The Bertz CT molecular complexity index is 1210. The summed E-state index contributed by atoms with van der Waals surface area (Å²) in [6.07, 6.45) is 1.28. The molecule has 0 aliphatic rings. The normalized spacial score (nSPS) is 11.3. The number of fused-ring (bicyclic) bond motifs is 3. The lowest BCUT2D eigenvalue weighted by Gasteiger charge is -2.08. The minimum absolute atomic E-state index is 0.181. The van der Waals surface area contributed by atoms with E-state index >= 15 is 0 Å². The monoisotopic (exact) mass is 353 g/mol. The molecule has 0 aliphatic carbocycles. The van der Waals surface area contributed by atoms with E-state index in [1.807, 2.05) is 54.6 Å². The maximum Gasteiger partial charge on any atom is 0.335 e. The fraction of sp³-hybridized carbons (Fsp3) is 0. The maximum absolute atomic E-state index is 12.8. The second kappa shape index (κ2) is 6.84. The fourth-order valence-corrected chi connectivity index (χ4v) is 3.15. The summed E-state index contributed by atoms with van der Waals surface area (Å²) in [6, 6.07) is 23.7. The van der Waals surface area contributed by atoms with Gasteiger partial charge in [-0.05, 0) is 51.9 Å². The molecular formula is C23H15NO3. The molecule has 0 saturated carbocycles. The number of rotatable bonds is 4. The molecule has 0 unspecified atom stereocenters. The molecule has 0 fully saturated rings. The Balaban J connectivity index is 1.74. The van der Waals surface area contributed by atoms with Crippen molar-refractivity contribution in [3.63, 3.8) is 0 Å². The molecule has 4 heteroatoms. The molecule has 130 valence electrons. The van der Waals surface area contributed by atoms with Crippen molar-refractivity contribution in [1.82, 2.24) is 0 Å². The number of ketones is 1. The number of aromatic carboxylic acids is 1. The Morgan fingerprint density at radius 3 is 2.11 bits per heavy atom. The van der Waals surface area contributed by atoms with Crippen LogP contribution in [0.5, 0.6) is 0 Å². The van der Waals surface area contributed by atoms with E-state index in [1.54, 1.807) is 12.1 Å². The molecule has 0 aromatic heterocycles. The topological polar surface area (TPSA) is 66.7 Å². The van der Waals surface area contributed by atoms with Crippen LogP contribution < -0.4 is 0 Å². The Kier molecular flexibility index (Phi) is 4.22. The van der Waals surface area contributed by atoms with Crippen molar-refractivity contribution in [2.75, 3.05) is 0 Å². The van der Waals surface area contributed by atoms with E-state index < -0.39 is 5.97 Å². The molecule has 0 spiro atoms. The quantitative estimate of drug-likeness (QED) is 0.308. The van der Waals surface area contributed by atoms with E-state index in [0.29, 0.717) is 11.3 Å². The van der Waals surface area contributed by atoms with Gasteiger partial charge in [0.1, 0.15) is 0 Å². The van der Waals surface area contributed by atoms with Crippen LogP contribution in [0, 0.1) is 0 Å². The number of carboxylic acids is 1. The van der Waals surface area contributed by atoms with Crippen LogP contribution in [0.4, 0.5) is 5.69 Å². The van der Waals surface area contributed by atoms with Crippen molar-refractivity contribution in [1.29, 1.82) is 0 Å². The summed E-state index contributed by atoms with van der Waals surface area (Å²) < 4.78 is 0. The van der Waals surface area contributed by atoms with Crippen molar-refractivity contribution in [3.8, 4) is 0 Å². The van der Waals surface area contributed by atoms with Crippen molar-refractivity contribution < 1.29 is 14.7 Å². The number of carbonyl (C=O) groups excluding carboxylic acids is 1. The molecule has 27 heavy (non-hydrogen) atoms. The van der Waals surface area contributed by atoms with Gasteiger partial charge in [-0.1, -0.05) is 48.5 Å². The summed E-state index contributed by atoms with van der Waals surface area (Å²) in [6.45, 7) is 0. The summed E-state index contributed by atoms with van der Waals surface area (Å²) in [7, 11) is 0. The average molecular weight is 353 g/mol. The summed E-state index contributed by atoms with van der Waals surface area (Å²) >= 11 is 0. The molecule has 0 heterocycles. The van der Waals surface area contributed by atoms with Gasteiger partial charge < -0.3 is 5.11 Å². The van der Waals surface area contributed by atoms with E-state index in [-0.39, 0.29) is 11.3 Å². The number of hydrogen-bond acceptors (Lipinski definition) is 3. The van der Waals surface area contributed by atoms with Crippen LogP contribution in [0.25, 0.3) is 21.5 Å². The largest absolute Gasteiger partial charge is 0.478 e. The van der Waals surface area contributed by atoms with Crippen LogP contribution >= 0.6 is 0 Å². The number of benzene rings is 4. The Morgan fingerprint density at radius 2 is 1.41 bits per heavy atom. The predicted molar refractivity (Wildman–Crippen MR) is 107 cm³/mol. The lowest BCUT2D eigenvalue weighted by atomic mass is 9.95. The first kappa shape index (κ1) is 16.7. The number of hydrogen-bond donors (Lipinski definition) is 1. The zero-order valence-corrected chi connectivity index (χ0v) is 14.3.